The molecule has 38 heavy (non-hydrogen) atoms. The Hall–Kier alpha value is -4.02. The van der Waals surface area contributed by atoms with Gasteiger partial charge < -0.3 is 29.8 Å². The molecule has 1 aliphatic carbocycles. The quantitative estimate of drug-likeness (QED) is 0.287. The fourth-order valence-corrected chi connectivity index (χ4v) is 4.95. The summed E-state index contributed by atoms with van der Waals surface area (Å²) in [5.74, 6) is 0.885. The van der Waals surface area contributed by atoms with Crippen molar-refractivity contribution in [1.29, 1.82) is 0 Å². The molecule has 1 amide bonds. The molecule has 10 nitrogen and oxygen atoms in total. The largest absolute Gasteiger partial charge is 0.481 e. The first-order valence-corrected chi connectivity index (χ1v) is 12.7. The molecule has 5 rings (SSSR count). The summed E-state index contributed by atoms with van der Waals surface area (Å²) in [4.78, 5) is 37.5. The SMILES string of the molecule is COCOc1cccc2cc(CNC3CCC(C(=O)Nc4ccnc5ccc(OC)nc45)CC3)[nH]c(=O)c12. The maximum atomic E-state index is 13.0. The van der Waals surface area contributed by atoms with E-state index < -0.39 is 0 Å². The highest BCUT2D eigenvalue weighted by atomic mass is 16.7. The normalized spacial score (nSPS) is 17.4. The lowest BCUT2D eigenvalue weighted by Gasteiger charge is -2.28. The van der Waals surface area contributed by atoms with Crippen molar-refractivity contribution in [3.63, 3.8) is 0 Å². The first kappa shape index (κ1) is 25.6. The summed E-state index contributed by atoms with van der Waals surface area (Å²) in [5.41, 5.74) is 2.55. The number of aromatic amines is 1. The topological polar surface area (TPSA) is 127 Å². The van der Waals surface area contributed by atoms with Crippen LogP contribution < -0.4 is 25.7 Å². The third-order valence-corrected chi connectivity index (χ3v) is 6.93. The molecule has 0 radical (unpaired) electrons. The number of rotatable bonds is 9. The van der Waals surface area contributed by atoms with Crippen LogP contribution in [0.2, 0.25) is 0 Å². The molecule has 3 N–H and O–H groups in total. The minimum absolute atomic E-state index is 0.00840. The zero-order valence-electron chi connectivity index (χ0n) is 21.5. The van der Waals surface area contributed by atoms with Gasteiger partial charge in [-0.2, -0.15) is 0 Å². The Labute approximate surface area is 219 Å². The number of nitrogens with zero attached hydrogens (tertiary/aromatic N) is 2. The van der Waals surface area contributed by atoms with Crippen molar-refractivity contribution in [3.05, 3.63) is 64.7 Å². The molecule has 10 heteroatoms. The van der Waals surface area contributed by atoms with E-state index in [1.807, 2.05) is 24.3 Å². The molecule has 3 heterocycles. The maximum Gasteiger partial charge on any atom is 0.259 e. The minimum atomic E-state index is -0.192. The van der Waals surface area contributed by atoms with Gasteiger partial charge in [-0.1, -0.05) is 12.1 Å². The summed E-state index contributed by atoms with van der Waals surface area (Å²) in [7, 11) is 3.10. The number of H-pyrrole nitrogens is 1. The second kappa shape index (κ2) is 11.6. The highest BCUT2D eigenvalue weighted by Gasteiger charge is 2.26. The van der Waals surface area contributed by atoms with Crippen molar-refractivity contribution < 1.29 is 19.0 Å². The van der Waals surface area contributed by atoms with E-state index in [0.717, 1.165) is 36.8 Å². The molecule has 1 fully saturated rings. The van der Waals surface area contributed by atoms with Crippen LogP contribution in [0.1, 0.15) is 31.4 Å². The second-order valence-corrected chi connectivity index (χ2v) is 9.39. The van der Waals surface area contributed by atoms with Crippen LogP contribution in [0.3, 0.4) is 0 Å². The highest BCUT2D eigenvalue weighted by Crippen LogP contribution is 2.28. The number of ether oxygens (including phenoxy) is 3. The van der Waals surface area contributed by atoms with Crippen LogP contribution in [0.25, 0.3) is 21.8 Å². The molecule has 0 spiro atoms. The van der Waals surface area contributed by atoms with Crippen molar-refractivity contribution in [2.24, 2.45) is 5.92 Å². The Morgan fingerprint density at radius 3 is 2.74 bits per heavy atom. The number of hydrogen-bond acceptors (Lipinski definition) is 8. The zero-order chi connectivity index (χ0) is 26.5. The van der Waals surface area contributed by atoms with E-state index in [-0.39, 0.29) is 30.2 Å². The van der Waals surface area contributed by atoms with Crippen LogP contribution in [-0.2, 0) is 16.1 Å². The van der Waals surface area contributed by atoms with Gasteiger partial charge in [0, 0.05) is 43.6 Å². The van der Waals surface area contributed by atoms with Gasteiger partial charge in [0.15, 0.2) is 6.79 Å². The van der Waals surface area contributed by atoms with Crippen molar-refractivity contribution in [2.75, 3.05) is 26.3 Å². The van der Waals surface area contributed by atoms with Gasteiger partial charge in [0.2, 0.25) is 11.8 Å². The minimum Gasteiger partial charge on any atom is -0.481 e. The molecule has 0 atom stereocenters. The fourth-order valence-electron chi connectivity index (χ4n) is 4.95. The molecule has 0 aliphatic heterocycles. The number of pyridine rings is 3. The molecule has 4 aromatic rings. The third-order valence-electron chi connectivity index (χ3n) is 6.93. The van der Waals surface area contributed by atoms with Crippen molar-refractivity contribution in [3.8, 4) is 11.6 Å². The lowest BCUT2D eigenvalue weighted by molar-refractivity contribution is -0.120. The zero-order valence-corrected chi connectivity index (χ0v) is 21.5. The number of amides is 1. The van der Waals surface area contributed by atoms with Crippen LogP contribution in [0.5, 0.6) is 11.6 Å². The number of benzene rings is 1. The predicted octanol–water partition coefficient (Wildman–Crippen LogP) is 3.75. The average molecular weight is 518 g/mol. The molecule has 1 aromatic carbocycles. The molecular formula is C28H31N5O5. The number of carbonyl (C=O) groups is 1. The smallest absolute Gasteiger partial charge is 0.259 e. The summed E-state index contributed by atoms with van der Waals surface area (Å²) in [6.45, 7) is 0.611. The van der Waals surface area contributed by atoms with E-state index in [4.69, 9.17) is 14.2 Å². The standard InChI is InChI=1S/C28H31N5O5/c1-36-16-38-23-5-3-4-18-14-20(31-28(35)25(18)23)15-30-19-8-6-17(7-9-19)27(34)32-22-12-13-29-21-10-11-24(37-2)33-26(21)22/h3-5,10-14,17,19,30H,6-9,15-16H2,1-2H3,(H,31,35)(H,29,32,34). The van der Waals surface area contributed by atoms with Gasteiger partial charge in [0.25, 0.3) is 5.56 Å². The molecule has 0 saturated heterocycles. The van der Waals surface area contributed by atoms with Crippen LogP contribution in [0.4, 0.5) is 5.69 Å². The van der Waals surface area contributed by atoms with Gasteiger partial charge in [-0.25, -0.2) is 4.98 Å². The number of carbonyl (C=O) groups excluding carboxylic acids is 1. The second-order valence-electron chi connectivity index (χ2n) is 9.39. The highest BCUT2D eigenvalue weighted by molar-refractivity contribution is 6.00. The van der Waals surface area contributed by atoms with Crippen LogP contribution >= 0.6 is 0 Å². The Morgan fingerprint density at radius 1 is 1.11 bits per heavy atom. The van der Waals surface area contributed by atoms with Gasteiger partial charge in [-0.05, 0) is 55.3 Å². The van der Waals surface area contributed by atoms with Gasteiger partial charge >= 0.3 is 0 Å². The van der Waals surface area contributed by atoms with Crippen molar-refractivity contribution in [2.45, 2.75) is 38.3 Å². The van der Waals surface area contributed by atoms with Crippen molar-refractivity contribution in [1.82, 2.24) is 20.3 Å². The van der Waals surface area contributed by atoms with E-state index >= 15 is 0 Å². The summed E-state index contributed by atoms with van der Waals surface area (Å²) in [5, 5.41) is 7.91. The monoisotopic (exact) mass is 517 g/mol. The number of fused-ring (bicyclic) bond motifs is 2. The van der Waals surface area contributed by atoms with E-state index in [1.165, 1.54) is 7.11 Å². The molecule has 3 aromatic heterocycles. The van der Waals surface area contributed by atoms with Gasteiger partial charge in [0.1, 0.15) is 11.3 Å². The third kappa shape index (κ3) is 5.61. The molecule has 0 bridgehead atoms. The molecule has 1 aliphatic rings. The molecule has 1 saturated carbocycles. The van der Waals surface area contributed by atoms with E-state index in [0.29, 0.717) is 40.3 Å². The molecule has 198 valence electrons. The van der Waals surface area contributed by atoms with E-state index in [1.54, 1.807) is 31.5 Å². The summed E-state index contributed by atoms with van der Waals surface area (Å²) in [6, 6.07) is 13.1. The predicted molar refractivity (Wildman–Crippen MR) is 144 cm³/mol. The van der Waals surface area contributed by atoms with Gasteiger partial charge in [0.05, 0.1) is 23.7 Å². The fraction of sp³-hybridized carbons (Fsp3) is 0.357. The number of hydrogen-bond donors (Lipinski definition) is 3. The summed E-state index contributed by atoms with van der Waals surface area (Å²) in [6.07, 6.45) is 4.95. The number of anilines is 1. The van der Waals surface area contributed by atoms with E-state index in [9.17, 15) is 9.59 Å². The number of methoxy groups -OCH3 is 2. The van der Waals surface area contributed by atoms with Crippen molar-refractivity contribution >= 4 is 33.4 Å². The summed E-state index contributed by atoms with van der Waals surface area (Å²) >= 11 is 0. The average Bonchev–Trinajstić information content (AvgIpc) is 2.95. The van der Waals surface area contributed by atoms with Gasteiger partial charge in [-0.15, -0.1) is 0 Å². The lowest BCUT2D eigenvalue weighted by Crippen LogP contribution is -2.36. The molecular weight excluding hydrogens is 486 g/mol. The Bertz CT molecular complexity index is 1500. The Kier molecular flexibility index (Phi) is 7.81. The van der Waals surface area contributed by atoms with E-state index in [2.05, 4.69) is 25.6 Å². The molecule has 0 unspecified atom stereocenters. The van der Waals surface area contributed by atoms with Crippen LogP contribution in [-0.4, -0.2) is 47.9 Å². The Morgan fingerprint density at radius 2 is 1.95 bits per heavy atom. The first-order valence-electron chi connectivity index (χ1n) is 12.7. The van der Waals surface area contributed by atoms with Crippen LogP contribution in [0, 0.1) is 5.92 Å². The lowest BCUT2D eigenvalue weighted by atomic mass is 9.85. The van der Waals surface area contributed by atoms with Crippen LogP contribution in [0.15, 0.2) is 53.5 Å². The van der Waals surface area contributed by atoms with Gasteiger partial charge in [-0.3, -0.25) is 14.6 Å². The number of nitrogens with one attached hydrogen (secondary N) is 3. The number of aromatic nitrogens is 3. The summed E-state index contributed by atoms with van der Waals surface area (Å²) < 4.78 is 15.7. The maximum absolute atomic E-state index is 13.0. The first-order chi connectivity index (χ1) is 18.6. The Balaban J connectivity index is 1.17.